The highest BCUT2D eigenvalue weighted by Gasteiger charge is 2.26. The molecule has 1 saturated heterocycles. The van der Waals surface area contributed by atoms with E-state index in [9.17, 15) is 13.6 Å². The van der Waals surface area contributed by atoms with Crippen molar-refractivity contribution >= 4 is 5.97 Å². The summed E-state index contributed by atoms with van der Waals surface area (Å²) in [4.78, 5) is 18.3. The van der Waals surface area contributed by atoms with Crippen LogP contribution >= 0.6 is 0 Å². The fraction of sp³-hybridized carbons (Fsp3) is 0.400. The molecule has 0 unspecified atom stereocenters. The number of likely N-dealkylation sites (tertiary alicyclic amines) is 1. The van der Waals surface area contributed by atoms with Gasteiger partial charge in [0.25, 0.3) is 0 Å². The average molecular weight is 360 g/mol. The first kappa shape index (κ1) is 18.5. The molecular formula is C20H22F2N2O2. The number of carbonyl (C=O) groups excluding carboxylic acids is 1. The molecule has 0 spiro atoms. The topological polar surface area (TPSA) is 42.4 Å². The van der Waals surface area contributed by atoms with Crippen molar-refractivity contribution in [2.45, 2.75) is 26.3 Å². The Morgan fingerprint density at radius 1 is 1.31 bits per heavy atom. The molecule has 2 aromatic rings. The molecular weight excluding hydrogens is 338 g/mol. The first-order valence-corrected chi connectivity index (χ1v) is 8.85. The zero-order valence-corrected chi connectivity index (χ0v) is 14.8. The number of benzene rings is 1. The van der Waals surface area contributed by atoms with Crippen molar-refractivity contribution in [2.24, 2.45) is 5.92 Å². The fourth-order valence-corrected chi connectivity index (χ4v) is 3.35. The third kappa shape index (κ3) is 4.43. The molecule has 0 amide bonds. The van der Waals surface area contributed by atoms with Crippen molar-refractivity contribution in [1.82, 2.24) is 9.88 Å². The second-order valence-corrected chi connectivity index (χ2v) is 6.53. The summed E-state index contributed by atoms with van der Waals surface area (Å²) in [7, 11) is 0. The fourth-order valence-electron chi connectivity index (χ4n) is 3.35. The molecule has 0 radical (unpaired) electrons. The largest absolute Gasteiger partial charge is 0.466 e. The molecule has 1 aromatic heterocycles. The summed E-state index contributed by atoms with van der Waals surface area (Å²) >= 11 is 0. The Hall–Kier alpha value is -2.34. The summed E-state index contributed by atoms with van der Waals surface area (Å²) in [5.41, 5.74) is 1.64. The first-order valence-electron chi connectivity index (χ1n) is 8.85. The Bertz CT molecular complexity index is 782. The minimum absolute atomic E-state index is 0.111. The van der Waals surface area contributed by atoms with E-state index in [4.69, 9.17) is 4.74 Å². The summed E-state index contributed by atoms with van der Waals surface area (Å²) in [5.74, 6) is -1.22. The van der Waals surface area contributed by atoms with Crippen LogP contribution in [-0.2, 0) is 16.1 Å². The van der Waals surface area contributed by atoms with Gasteiger partial charge in [0.2, 0.25) is 0 Å². The number of aromatic nitrogens is 1. The van der Waals surface area contributed by atoms with E-state index in [1.165, 1.54) is 12.3 Å². The minimum atomic E-state index is -0.486. The molecule has 0 saturated carbocycles. The van der Waals surface area contributed by atoms with E-state index in [2.05, 4.69) is 9.88 Å². The smallest absolute Gasteiger partial charge is 0.310 e. The van der Waals surface area contributed by atoms with Crippen LogP contribution in [0.2, 0.25) is 0 Å². The molecule has 1 fully saturated rings. The lowest BCUT2D eigenvalue weighted by Crippen LogP contribution is -2.38. The summed E-state index contributed by atoms with van der Waals surface area (Å²) in [6, 6.07) is 5.21. The van der Waals surface area contributed by atoms with Crippen LogP contribution in [0.4, 0.5) is 8.78 Å². The van der Waals surface area contributed by atoms with Crippen LogP contribution in [0.3, 0.4) is 0 Å². The van der Waals surface area contributed by atoms with Gasteiger partial charge >= 0.3 is 5.97 Å². The van der Waals surface area contributed by atoms with Crippen molar-refractivity contribution in [2.75, 3.05) is 19.7 Å². The van der Waals surface area contributed by atoms with Crippen molar-refractivity contribution in [1.29, 1.82) is 0 Å². The van der Waals surface area contributed by atoms with E-state index in [-0.39, 0.29) is 17.5 Å². The molecule has 4 nitrogen and oxygen atoms in total. The summed E-state index contributed by atoms with van der Waals surface area (Å²) < 4.78 is 32.6. The summed E-state index contributed by atoms with van der Waals surface area (Å²) in [6.07, 6.45) is 5.00. The minimum Gasteiger partial charge on any atom is -0.466 e. The van der Waals surface area contributed by atoms with E-state index < -0.39 is 11.6 Å². The molecule has 2 heterocycles. The van der Waals surface area contributed by atoms with Gasteiger partial charge in [-0.15, -0.1) is 0 Å². The van der Waals surface area contributed by atoms with Crippen molar-refractivity contribution in [3.63, 3.8) is 0 Å². The Balaban J connectivity index is 1.72. The number of hydrogen-bond donors (Lipinski definition) is 0. The Morgan fingerprint density at radius 3 is 2.96 bits per heavy atom. The van der Waals surface area contributed by atoms with Crippen molar-refractivity contribution < 1.29 is 18.3 Å². The molecule has 0 N–H and O–H groups in total. The molecule has 26 heavy (non-hydrogen) atoms. The van der Waals surface area contributed by atoms with E-state index >= 15 is 0 Å². The van der Waals surface area contributed by atoms with Crippen LogP contribution in [-0.4, -0.2) is 35.5 Å². The normalized spacial score (nSPS) is 17.9. The van der Waals surface area contributed by atoms with Gasteiger partial charge in [-0.2, -0.15) is 0 Å². The van der Waals surface area contributed by atoms with E-state index in [1.807, 2.05) is 6.07 Å². The predicted octanol–water partition coefficient (Wildman–Crippen LogP) is 3.80. The first-order chi connectivity index (χ1) is 12.6. The number of esters is 1. The van der Waals surface area contributed by atoms with Crippen LogP contribution in [0, 0.1) is 17.6 Å². The Kier molecular flexibility index (Phi) is 5.93. The monoisotopic (exact) mass is 360 g/mol. The highest BCUT2D eigenvalue weighted by Crippen LogP contribution is 2.25. The number of halogens is 2. The molecule has 138 valence electrons. The maximum atomic E-state index is 14.0. The third-order valence-corrected chi connectivity index (χ3v) is 4.57. The number of nitrogens with zero attached hydrogens (tertiary/aromatic N) is 2. The van der Waals surface area contributed by atoms with Gasteiger partial charge in [-0.1, -0.05) is 0 Å². The maximum Gasteiger partial charge on any atom is 0.310 e. The Morgan fingerprint density at radius 2 is 2.15 bits per heavy atom. The molecule has 1 aliphatic heterocycles. The van der Waals surface area contributed by atoms with Gasteiger partial charge < -0.3 is 4.74 Å². The number of piperidine rings is 1. The van der Waals surface area contributed by atoms with Gasteiger partial charge in [0, 0.05) is 36.6 Å². The summed E-state index contributed by atoms with van der Waals surface area (Å²) in [6.45, 7) is 4.32. The lowest BCUT2D eigenvalue weighted by Gasteiger charge is -2.31. The van der Waals surface area contributed by atoms with Gasteiger partial charge in [0.15, 0.2) is 0 Å². The van der Waals surface area contributed by atoms with Gasteiger partial charge in [-0.3, -0.25) is 14.7 Å². The molecule has 1 aromatic carbocycles. The van der Waals surface area contributed by atoms with E-state index in [0.29, 0.717) is 25.3 Å². The van der Waals surface area contributed by atoms with Crippen molar-refractivity contribution in [3.8, 4) is 11.1 Å². The number of carbonyl (C=O) groups is 1. The third-order valence-electron chi connectivity index (χ3n) is 4.57. The molecule has 3 rings (SSSR count). The van der Waals surface area contributed by atoms with Gasteiger partial charge in [-0.25, -0.2) is 8.78 Å². The quantitative estimate of drug-likeness (QED) is 0.761. The van der Waals surface area contributed by atoms with Crippen LogP contribution < -0.4 is 0 Å². The number of pyridine rings is 1. The number of ether oxygens (including phenoxy) is 1. The lowest BCUT2D eigenvalue weighted by atomic mass is 9.97. The standard InChI is InChI=1S/C20H22F2N2O2/c1-2-26-20(25)15-4-3-7-24(13-15)12-14-8-16(11-23-10-14)18-9-17(21)5-6-19(18)22/h5-6,8-11,15H,2-4,7,12-13H2,1H3/t15-/m0/s1. The van der Waals surface area contributed by atoms with Gasteiger partial charge in [-0.05, 0) is 56.1 Å². The molecule has 0 aliphatic carbocycles. The van der Waals surface area contributed by atoms with Crippen LogP contribution in [0.15, 0.2) is 36.7 Å². The zero-order chi connectivity index (χ0) is 18.5. The molecule has 1 atom stereocenters. The highest BCUT2D eigenvalue weighted by atomic mass is 19.1. The summed E-state index contributed by atoms with van der Waals surface area (Å²) in [5, 5.41) is 0. The Labute approximate surface area is 151 Å². The highest BCUT2D eigenvalue weighted by molar-refractivity contribution is 5.72. The van der Waals surface area contributed by atoms with Gasteiger partial charge in [0.05, 0.1) is 12.5 Å². The van der Waals surface area contributed by atoms with Crippen molar-refractivity contribution in [3.05, 3.63) is 53.9 Å². The van der Waals surface area contributed by atoms with E-state index in [1.54, 1.807) is 13.1 Å². The average Bonchev–Trinajstić information content (AvgIpc) is 2.64. The van der Waals surface area contributed by atoms with Crippen LogP contribution in [0.5, 0.6) is 0 Å². The molecule has 1 aliphatic rings. The zero-order valence-electron chi connectivity index (χ0n) is 14.8. The van der Waals surface area contributed by atoms with Gasteiger partial charge in [0.1, 0.15) is 11.6 Å². The second-order valence-electron chi connectivity index (χ2n) is 6.53. The lowest BCUT2D eigenvalue weighted by molar-refractivity contribution is -0.150. The van der Waals surface area contributed by atoms with Crippen LogP contribution in [0.25, 0.3) is 11.1 Å². The molecule has 6 heteroatoms. The SMILES string of the molecule is CCOC(=O)[C@H]1CCCN(Cc2cncc(-c3cc(F)ccc3F)c2)C1. The number of rotatable bonds is 5. The second kappa shape index (κ2) is 8.36. The van der Waals surface area contributed by atoms with Crippen LogP contribution in [0.1, 0.15) is 25.3 Å². The molecule has 0 bridgehead atoms. The number of hydrogen-bond acceptors (Lipinski definition) is 4. The predicted molar refractivity (Wildman–Crippen MR) is 94.2 cm³/mol. The van der Waals surface area contributed by atoms with E-state index in [0.717, 1.165) is 37.1 Å². The maximum absolute atomic E-state index is 14.0.